The van der Waals surface area contributed by atoms with Crippen molar-refractivity contribution in [2.75, 3.05) is 19.6 Å². The highest BCUT2D eigenvalue weighted by atomic mass is 79.9. The Hall–Kier alpha value is -12.8. The number of fused-ring (bicyclic) bond motifs is 16. The van der Waals surface area contributed by atoms with Gasteiger partial charge in [0.2, 0.25) is 0 Å². The second-order valence-electron chi connectivity index (χ2n) is 27.7. The van der Waals surface area contributed by atoms with E-state index in [0.717, 1.165) is 72.2 Å². The summed E-state index contributed by atoms with van der Waals surface area (Å²) in [6.07, 6.45) is 10.2. The van der Waals surface area contributed by atoms with Gasteiger partial charge in [0.1, 0.15) is 0 Å². The van der Waals surface area contributed by atoms with E-state index in [1.165, 1.54) is 89.3 Å². The van der Waals surface area contributed by atoms with Gasteiger partial charge in [0.15, 0.2) is 0 Å². The van der Waals surface area contributed by atoms with E-state index in [1.807, 2.05) is 0 Å². The molecule has 0 amide bonds. The Morgan fingerprint density at radius 1 is 0.211 bits per heavy atom. The van der Waals surface area contributed by atoms with Crippen molar-refractivity contribution in [3.05, 3.63) is 499 Å². The largest absolute Gasteiger partial charge is 0.310 e. The molecule has 0 fully saturated rings. The Balaban J connectivity index is 0.000000143. The monoisotopic (exact) mass is 1520 g/mol. The van der Waals surface area contributed by atoms with Crippen LogP contribution < -0.4 is 19.6 Å². The summed E-state index contributed by atoms with van der Waals surface area (Å²) < 4.78 is 2.15. The van der Waals surface area contributed by atoms with E-state index in [0.29, 0.717) is 0 Å². The van der Waals surface area contributed by atoms with Crippen LogP contribution in [0.25, 0.3) is 24.3 Å². The molecule has 2 heterocycles. The summed E-state index contributed by atoms with van der Waals surface area (Å²) in [5.41, 5.74) is 29.9. The Bertz CT molecular complexity index is 5590. The minimum Gasteiger partial charge on any atom is -0.310 e. The van der Waals surface area contributed by atoms with E-state index < -0.39 is 10.8 Å². The standard InChI is InChI=1S/C57H41N3.C33H21Br2N.C13H12/c1-6-20-44(21-7-1)58(45-22-8-2-9-23-45)49-38-36-42-34-35-43-37-39-50(59(46-24-10-3-11-25-46)47-26-12-4-13-27-47)41-54(43)57(53(42)40-49)51-30-16-18-32-55(51)60(48-28-14-5-15-29-48)56-33-19-17-31-52(56)57;34-24-18-16-22-14-15-23-17-19-25(35)21-30(23)33(29(22)20-24)27-10-4-6-12-31(27)36(26-8-2-1-3-9-26)32-13-7-5-11-28(32)33;1-3-7-12(8-4-1)11-13-9-5-2-6-10-13/h1-41H;1-21H;1-10H,11H2. The highest BCUT2D eigenvalue weighted by molar-refractivity contribution is 9.10. The van der Waals surface area contributed by atoms with Crippen molar-refractivity contribution in [3.63, 3.8) is 0 Å². The van der Waals surface area contributed by atoms with Gasteiger partial charge < -0.3 is 19.6 Å². The van der Waals surface area contributed by atoms with Crippen LogP contribution in [0.5, 0.6) is 0 Å². The molecular weight excluding hydrogens is 1450 g/mol. The van der Waals surface area contributed by atoms with E-state index in [9.17, 15) is 0 Å². The summed E-state index contributed by atoms with van der Waals surface area (Å²) in [6, 6.07) is 149. The van der Waals surface area contributed by atoms with Crippen LogP contribution in [0.4, 0.5) is 68.2 Å². The molecule has 0 saturated heterocycles. The molecule has 0 N–H and O–H groups in total. The molecule has 16 aromatic carbocycles. The zero-order chi connectivity index (χ0) is 73.1. The average molecular weight is 1530 g/mol. The van der Waals surface area contributed by atoms with Crippen molar-refractivity contribution >= 4 is 124 Å². The average Bonchev–Trinajstić information content (AvgIpc) is 1.61. The maximum atomic E-state index is 3.81. The highest BCUT2D eigenvalue weighted by Gasteiger charge is 2.51. The predicted molar refractivity (Wildman–Crippen MR) is 464 cm³/mol. The summed E-state index contributed by atoms with van der Waals surface area (Å²) in [5, 5.41) is 0. The van der Waals surface area contributed by atoms with E-state index in [4.69, 9.17) is 0 Å². The Morgan fingerprint density at radius 2 is 0.450 bits per heavy atom. The van der Waals surface area contributed by atoms with Crippen molar-refractivity contribution in [2.24, 2.45) is 0 Å². The SMILES string of the molecule is Brc1ccc2c(c1)C1(c3cc(Br)ccc3C=C2)c2ccccc2N(c2ccccc2)c2ccccc21.C1=Cc2ccc(N(c3ccccc3)c3ccccc3)cc2C2(c3cc(N(c4ccccc4)c4ccccc4)ccc31)c1ccccc1N(c1ccccc1)c1ccccc12.c1ccc(Cc2ccccc2)cc1. The van der Waals surface area contributed by atoms with Gasteiger partial charge in [0.05, 0.1) is 33.6 Å². The quantitative estimate of drug-likeness (QED) is 0.135. The van der Waals surface area contributed by atoms with Crippen LogP contribution in [0.2, 0.25) is 0 Å². The lowest BCUT2D eigenvalue weighted by Gasteiger charge is -2.47. The highest BCUT2D eigenvalue weighted by Crippen LogP contribution is 2.63. The second kappa shape index (κ2) is 29.8. The molecule has 0 aromatic heterocycles. The molecule has 2 spiro atoms. The summed E-state index contributed by atoms with van der Waals surface area (Å²) in [5.74, 6) is 0. The van der Waals surface area contributed by atoms with Gasteiger partial charge in [-0.3, -0.25) is 0 Å². The van der Waals surface area contributed by atoms with Gasteiger partial charge in [-0.05, 0) is 230 Å². The van der Waals surface area contributed by atoms with E-state index >= 15 is 0 Å². The summed E-state index contributed by atoms with van der Waals surface area (Å²) in [6.45, 7) is 0. The molecule has 4 aliphatic rings. The van der Waals surface area contributed by atoms with E-state index in [-0.39, 0.29) is 0 Å². The predicted octanol–water partition coefficient (Wildman–Crippen LogP) is 28.4. The molecule has 0 bridgehead atoms. The van der Waals surface area contributed by atoms with E-state index in [2.05, 4.69) is 488 Å². The summed E-state index contributed by atoms with van der Waals surface area (Å²) in [7, 11) is 0. The van der Waals surface area contributed by atoms with Crippen LogP contribution in [0.3, 0.4) is 0 Å². The van der Waals surface area contributed by atoms with Crippen molar-refractivity contribution < 1.29 is 0 Å². The molecule has 0 unspecified atom stereocenters. The first-order chi connectivity index (χ1) is 53.9. The number of benzene rings is 16. The first kappa shape index (κ1) is 68.0. The molecule has 0 atom stereocenters. The number of rotatable bonds is 10. The molecule has 0 saturated carbocycles. The van der Waals surface area contributed by atoms with Gasteiger partial charge in [-0.25, -0.2) is 0 Å². The van der Waals surface area contributed by atoms with E-state index in [1.54, 1.807) is 0 Å². The lowest BCUT2D eigenvalue weighted by Crippen LogP contribution is -2.38. The molecule has 109 heavy (non-hydrogen) atoms. The normalized spacial score (nSPS) is 13.1. The van der Waals surface area contributed by atoms with Crippen LogP contribution in [0.1, 0.15) is 77.9 Å². The number of nitrogens with zero attached hydrogens (tertiary/aromatic N) is 4. The fourth-order valence-electron chi connectivity index (χ4n) is 16.9. The van der Waals surface area contributed by atoms with Crippen LogP contribution in [0.15, 0.2) is 421 Å². The third-order valence-corrected chi connectivity index (χ3v) is 22.5. The fourth-order valence-corrected chi connectivity index (χ4v) is 17.7. The van der Waals surface area contributed by atoms with Gasteiger partial charge in [-0.1, -0.05) is 323 Å². The molecule has 0 radical (unpaired) electrons. The van der Waals surface area contributed by atoms with Crippen LogP contribution in [-0.2, 0) is 17.3 Å². The van der Waals surface area contributed by atoms with Crippen LogP contribution in [0, 0.1) is 0 Å². The number of hydrogen-bond acceptors (Lipinski definition) is 4. The van der Waals surface area contributed by atoms with Gasteiger partial charge >= 0.3 is 0 Å². The number of hydrogen-bond donors (Lipinski definition) is 0. The number of para-hydroxylation sites is 10. The van der Waals surface area contributed by atoms with Gasteiger partial charge in [0.25, 0.3) is 0 Å². The first-order valence-corrected chi connectivity index (χ1v) is 38.7. The lowest BCUT2D eigenvalue weighted by atomic mass is 9.61. The van der Waals surface area contributed by atoms with Crippen molar-refractivity contribution in [1.82, 2.24) is 0 Å². The molecule has 16 aromatic rings. The molecule has 2 aliphatic heterocycles. The molecule has 4 nitrogen and oxygen atoms in total. The molecule has 520 valence electrons. The van der Waals surface area contributed by atoms with Gasteiger partial charge in [0, 0.05) is 54.4 Å². The van der Waals surface area contributed by atoms with Crippen LogP contribution in [-0.4, -0.2) is 0 Å². The number of anilines is 12. The Kier molecular flexibility index (Phi) is 18.6. The smallest absolute Gasteiger partial charge is 0.0755 e. The third kappa shape index (κ3) is 12.5. The zero-order valence-corrected chi connectivity index (χ0v) is 63.0. The van der Waals surface area contributed by atoms with Crippen molar-refractivity contribution in [2.45, 2.75) is 17.3 Å². The summed E-state index contributed by atoms with van der Waals surface area (Å²) in [4.78, 5) is 9.61. The maximum Gasteiger partial charge on any atom is 0.0755 e. The van der Waals surface area contributed by atoms with Crippen molar-refractivity contribution in [3.8, 4) is 0 Å². The second-order valence-corrected chi connectivity index (χ2v) is 29.6. The Morgan fingerprint density at radius 3 is 0.743 bits per heavy atom. The number of halogens is 2. The summed E-state index contributed by atoms with van der Waals surface area (Å²) >= 11 is 7.61. The third-order valence-electron chi connectivity index (χ3n) is 21.5. The zero-order valence-electron chi connectivity index (χ0n) is 59.8. The molecule has 2 aliphatic carbocycles. The van der Waals surface area contributed by atoms with Gasteiger partial charge in [-0.2, -0.15) is 0 Å². The fraction of sp³-hybridized carbons (Fsp3) is 0.0291. The van der Waals surface area contributed by atoms with Gasteiger partial charge in [-0.15, -0.1) is 0 Å². The van der Waals surface area contributed by atoms with Crippen molar-refractivity contribution in [1.29, 1.82) is 0 Å². The maximum absolute atomic E-state index is 3.81. The lowest BCUT2D eigenvalue weighted by molar-refractivity contribution is 0.728. The molecular formula is C103H74Br2N4. The minimum atomic E-state index is -0.739. The van der Waals surface area contributed by atoms with Crippen LogP contribution >= 0.6 is 31.9 Å². The minimum absolute atomic E-state index is 0.500. The molecule has 6 heteroatoms. The molecule has 20 rings (SSSR count). The topological polar surface area (TPSA) is 13.0 Å². The first-order valence-electron chi connectivity index (χ1n) is 37.1. The Labute approximate surface area is 655 Å².